The standard InChI is InChI=1S/C12H11N3OS/c1-8-2-9-4-15(5-10(9)3-13-8)12(16)11-6-17-7-14-11/h2-3,6-7H,4-5H2,1H3. The second-order valence-electron chi connectivity index (χ2n) is 4.13. The van der Waals surface area contributed by atoms with E-state index >= 15 is 0 Å². The Hall–Kier alpha value is -1.75. The summed E-state index contributed by atoms with van der Waals surface area (Å²) in [7, 11) is 0. The van der Waals surface area contributed by atoms with Crippen LogP contribution in [0.3, 0.4) is 0 Å². The lowest BCUT2D eigenvalue weighted by Gasteiger charge is -2.13. The summed E-state index contributed by atoms with van der Waals surface area (Å²) in [5, 5.41) is 1.79. The van der Waals surface area contributed by atoms with Crippen LogP contribution >= 0.6 is 11.3 Å². The quantitative estimate of drug-likeness (QED) is 0.772. The zero-order chi connectivity index (χ0) is 11.8. The van der Waals surface area contributed by atoms with Gasteiger partial charge in [-0.15, -0.1) is 11.3 Å². The van der Waals surface area contributed by atoms with Crippen molar-refractivity contribution < 1.29 is 4.79 Å². The maximum absolute atomic E-state index is 12.1. The molecule has 3 heterocycles. The van der Waals surface area contributed by atoms with Crippen LogP contribution in [0.1, 0.15) is 27.3 Å². The van der Waals surface area contributed by atoms with Gasteiger partial charge in [0.25, 0.3) is 5.91 Å². The Morgan fingerprint density at radius 3 is 2.94 bits per heavy atom. The fourth-order valence-corrected chi connectivity index (χ4v) is 2.55. The minimum atomic E-state index is 0.0000954. The summed E-state index contributed by atoms with van der Waals surface area (Å²) in [5.74, 6) is 0.0000954. The molecule has 86 valence electrons. The predicted octanol–water partition coefficient (Wildman–Crippen LogP) is 2.00. The average Bonchev–Trinajstić information content (AvgIpc) is 2.96. The molecule has 0 saturated carbocycles. The van der Waals surface area contributed by atoms with E-state index in [0.29, 0.717) is 18.8 Å². The molecule has 0 aliphatic carbocycles. The largest absolute Gasteiger partial charge is 0.329 e. The third-order valence-electron chi connectivity index (χ3n) is 2.88. The van der Waals surface area contributed by atoms with Gasteiger partial charge in [0.1, 0.15) is 5.69 Å². The molecule has 0 aromatic carbocycles. The number of aryl methyl sites for hydroxylation is 1. The summed E-state index contributed by atoms with van der Waals surface area (Å²) in [5.41, 5.74) is 5.54. The highest BCUT2D eigenvalue weighted by molar-refractivity contribution is 7.07. The number of carbonyl (C=O) groups excluding carboxylic acids is 1. The molecule has 2 aromatic heterocycles. The van der Waals surface area contributed by atoms with Crippen LogP contribution in [0.15, 0.2) is 23.2 Å². The van der Waals surface area contributed by atoms with E-state index in [1.807, 2.05) is 19.2 Å². The number of aromatic nitrogens is 2. The van der Waals surface area contributed by atoms with Gasteiger partial charge >= 0.3 is 0 Å². The fraction of sp³-hybridized carbons (Fsp3) is 0.250. The molecular weight excluding hydrogens is 234 g/mol. The van der Waals surface area contributed by atoms with E-state index in [9.17, 15) is 4.79 Å². The molecule has 1 amide bonds. The maximum Gasteiger partial charge on any atom is 0.273 e. The first kappa shape index (κ1) is 10.4. The molecule has 0 fully saturated rings. The average molecular weight is 245 g/mol. The van der Waals surface area contributed by atoms with Gasteiger partial charge < -0.3 is 4.90 Å². The number of thiazole rings is 1. The molecule has 3 rings (SSSR count). The van der Waals surface area contributed by atoms with Crippen molar-refractivity contribution in [2.45, 2.75) is 20.0 Å². The minimum absolute atomic E-state index is 0.0000954. The van der Waals surface area contributed by atoms with Crippen LogP contribution in [0.2, 0.25) is 0 Å². The number of rotatable bonds is 1. The lowest BCUT2D eigenvalue weighted by molar-refractivity contribution is 0.0746. The third kappa shape index (κ3) is 1.82. The van der Waals surface area contributed by atoms with Crippen LogP contribution < -0.4 is 0 Å². The van der Waals surface area contributed by atoms with Crippen LogP contribution in [-0.2, 0) is 13.1 Å². The molecule has 2 aromatic rings. The van der Waals surface area contributed by atoms with E-state index < -0.39 is 0 Å². The Morgan fingerprint density at radius 1 is 1.35 bits per heavy atom. The van der Waals surface area contributed by atoms with Crippen molar-refractivity contribution in [2.75, 3.05) is 0 Å². The highest BCUT2D eigenvalue weighted by atomic mass is 32.1. The number of hydrogen-bond acceptors (Lipinski definition) is 4. The van der Waals surface area contributed by atoms with Gasteiger partial charge in [0.15, 0.2) is 0 Å². The molecule has 0 saturated heterocycles. The topological polar surface area (TPSA) is 46.1 Å². The second-order valence-corrected chi connectivity index (χ2v) is 4.85. The van der Waals surface area contributed by atoms with Crippen LogP contribution in [-0.4, -0.2) is 20.8 Å². The summed E-state index contributed by atoms with van der Waals surface area (Å²) in [6, 6.07) is 2.05. The smallest absolute Gasteiger partial charge is 0.273 e. The Kier molecular flexibility index (Phi) is 2.40. The summed E-state index contributed by atoms with van der Waals surface area (Å²) in [4.78, 5) is 22.2. The van der Waals surface area contributed by atoms with Crippen LogP contribution in [0, 0.1) is 6.92 Å². The molecule has 0 spiro atoms. The van der Waals surface area contributed by atoms with Gasteiger partial charge in [-0.25, -0.2) is 4.98 Å². The maximum atomic E-state index is 12.1. The molecule has 0 N–H and O–H groups in total. The SMILES string of the molecule is Cc1cc2c(cn1)CN(C(=O)c1cscn1)C2. The predicted molar refractivity (Wildman–Crippen MR) is 64.7 cm³/mol. The number of fused-ring (bicyclic) bond motifs is 1. The second kappa shape index (κ2) is 3.92. The van der Waals surface area contributed by atoms with E-state index in [1.54, 1.807) is 15.8 Å². The lowest BCUT2D eigenvalue weighted by atomic mass is 10.2. The molecule has 0 unspecified atom stereocenters. The van der Waals surface area contributed by atoms with Gasteiger partial charge in [0.05, 0.1) is 5.51 Å². The number of nitrogens with zero attached hydrogens (tertiary/aromatic N) is 3. The van der Waals surface area contributed by atoms with E-state index in [0.717, 1.165) is 11.3 Å². The van der Waals surface area contributed by atoms with Crippen molar-refractivity contribution in [1.29, 1.82) is 0 Å². The first-order valence-electron chi connectivity index (χ1n) is 5.36. The number of carbonyl (C=O) groups is 1. The first-order valence-corrected chi connectivity index (χ1v) is 6.30. The fourth-order valence-electron chi connectivity index (χ4n) is 2.03. The van der Waals surface area contributed by atoms with Gasteiger partial charge in [-0.2, -0.15) is 0 Å². The molecule has 5 heteroatoms. The van der Waals surface area contributed by atoms with Crippen LogP contribution in [0.25, 0.3) is 0 Å². The van der Waals surface area contributed by atoms with Gasteiger partial charge in [0.2, 0.25) is 0 Å². The zero-order valence-electron chi connectivity index (χ0n) is 9.38. The summed E-state index contributed by atoms with van der Waals surface area (Å²) in [6.07, 6.45) is 1.86. The summed E-state index contributed by atoms with van der Waals surface area (Å²) < 4.78 is 0. The van der Waals surface area contributed by atoms with Gasteiger partial charge in [-0.05, 0) is 24.1 Å². The van der Waals surface area contributed by atoms with Crippen molar-refractivity contribution in [2.24, 2.45) is 0 Å². The lowest BCUT2D eigenvalue weighted by Crippen LogP contribution is -2.25. The molecule has 4 nitrogen and oxygen atoms in total. The molecule has 17 heavy (non-hydrogen) atoms. The van der Waals surface area contributed by atoms with Crippen LogP contribution in [0.4, 0.5) is 0 Å². The van der Waals surface area contributed by atoms with E-state index in [-0.39, 0.29) is 5.91 Å². The van der Waals surface area contributed by atoms with Gasteiger partial charge in [-0.1, -0.05) is 0 Å². The number of hydrogen-bond donors (Lipinski definition) is 0. The minimum Gasteiger partial charge on any atom is -0.329 e. The zero-order valence-corrected chi connectivity index (χ0v) is 10.2. The number of amides is 1. The Balaban J connectivity index is 1.85. The van der Waals surface area contributed by atoms with Crippen molar-refractivity contribution >= 4 is 17.2 Å². The molecule has 0 atom stereocenters. The van der Waals surface area contributed by atoms with Crippen LogP contribution in [0.5, 0.6) is 0 Å². The van der Waals surface area contributed by atoms with E-state index in [2.05, 4.69) is 9.97 Å². The Labute approximate surface area is 103 Å². The highest BCUT2D eigenvalue weighted by Gasteiger charge is 2.25. The molecule has 1 aliphatic rings. The van der Waals surface area contributed by atoms with E-state index in [1.165, 1.54) is 16.9 Å². The normalized spacial score (nSPS) is 13.8. The van der Waals surface area contributed by atoms with E-state index in [4.69, 9.17) is 0 Å². The first-order chi connectivity index (χ1) is 8.24. The van der Waals surface area contributed by atoms with Crippen molar-refractivity contribution in [3.63, 3.8) is 0 Å². The molecule has 0 bridgehead atoms. The Bertz CT molecular complexity index is 565. The third-order valence-corrected chi connectivity index (χ3v) is 3.47. The summed E-state index contributed by atoms with van der Waals surface area (Å²) >= 11 is 1.44. The van der Waals surface area contributed by atoms with Gasteiger partial charge in [-0.3, -0.25) is 9.78 Å². The summed E-state index contributed by atoms with van der Waals surface area (Å²) in [6.45, 7) is 3.26. The molecule has 1 aliphatic heterocycles. The number of pyridine rings is 1. The Morgan fingerprint density at radius 2 is 2.18 bits per heavy atom. The van der Waals surface area contributed by atoms with Crippen molar-refractivity contribution in [1.82, 2.24) is 14.9 Å². The monoisotopic (exact) mass is 245 g/mol. The van der Waals surface area contributed by atoms with Crippen molar-refractivity contribution in [3.8, 4) is 0 Å². The van der Waals surface area contributed by atoms with Gasteiger partial charge in [0, 0.05) is 30.4 Å². The highest BCUT2D eigenvalue weighted by Crippen LogP contribution is 2.24. The molecular formula is C12H11N3OS. The van der Waals surface area contributed by atoms with Crippen molar-refractivity contribution in [3.05, 3.63) is 45.7 Å². The molecule has 0 radical (unpaired) electrons.